The van der Waals surface area contributed by atoms with Gasteiger partial charge in [-0.3, -0.25) is 4.98 Å². The van der Waals surface area contributed by atoms with Crippen molar-refractivity contribution in [3.05, 3.63) is 72.2 Å². The number of nitrogens with one attached hydrogen (secondary N) is 3. The van der Waals surface area contributed by atoms with Crippen LogP contribution in [0.25, 0.3) is 22.2 Å². The van der Waals surface area contributed by atoms with Gasteiger partial charge in [-0.1, -0.05) is 12.1 Å². The van der Waals surface area contributed by atoms with Gasteiger partial charge in [0.05, 0.1) is 7.11 Å². The van der Waals surface area contributed by atoms with Crippen molar-refractivity contribution >= 4 is 16.9 Å². The van der Waals surface area contributed by atoms with Gasteiger partial charge in [0.25, 0.3) is 0 Å². The maximum Gasteiger partial charge on any atom is 0.140 e. The number of fused-ring (bicyclic) bond motifs is 1. The summed E-state index contributed by atoms with van der Waals surface area (Å²) in [5.41, 5.74) is 5.34. The first kappa shape index (κ1) is 18.0. The van der Waals surface area contributed by atoms with E-state index in [0.717, 1.165) is 51.4 Å². The fourth-order valence-corrected chi connectivity index (χ4v) is 3.34. The molecule has 3 heterocycles. The molecule has 4 aromatic rings. The van der Waals surface area contributed by atoms with Crippen LogP contribution in [0, 0.1) is 0 Å². The Hall–Kier alpha value is -3.38. The predicted molar refractivity (Wildman–Crippen MR) is 112 cm³/mol. The second-order valence-corrected chi connectivity index (χ2v) is 6.57. The first-order valence-electron chi connectivity index (χ1n) is 9.21. The van der Waals surface area contributed by atoms with E-state index >= 15 is 0 Å². The van der Waals surface area contributed by atoms with Crippen LogP contribution >= 0.6 is 0 Å². The first-order valence-corrected chi connectivity index (χ1v) is 9.21. The number of ether oxygens (including phenoxy) is 1. The van der Waals surface area contributed by atoms with Crippen molar-refractivity contribution in [1.29, 1.82) is 0 Å². The fraction of sp³-hybridized carbons (Fsp3) is 0.182. The lowest BCUT2D eigenvalue weighted by Crippen LogP contribution is -2.07. The zero-order chi connectivity index (χ0) is 19.3. The summed E-state index contributed by atoms with van der Waals surface area (Å²) in [6, 6.07) is 14.4. The Balaban J connectivity index is 1.72. The molecule has 0 bridgehead atoms. The minimum atomic E-state index is 0.667. The molecule has 0 saturated carbocycles. The molecule has 1 aromatic carbocycles. The summed E-state index contributed by atoms with van der Waals surface area (Å²) in [6.45, 7) is 1.41. The van der Waals surface area contributed by atoms with Gasteiger partial charge in [-0.25, -0.2) is 4.98 Å². The third-order valence-electron chi connectivity index (χ3n) is 4.68. The Labute approximate surface area is 164 Å². The van der Waals surface area contributed by atoms with E-state index in [2.05, 4.69) is 44.9 Å². The molecule has 0 radical (unpaired) electrons. The lowest BCUT2D eigenvalue weighted by Gasteiger charge is -2.13. The lowest BCUT2D eigenvalue weighted by molar-refractivity contribution is 0.408. The summed E-state index contributed by atoms with van der Waals surface area (Å²) in [6.07, 6.45) is 5.55. The highest BCUT2D eigenvalue weighted by atomic mass is 16.5. The highest BCUT2D eigenvalue weighted by Gasteiger charge is 2.12. The zero-order valence-corrected chi connectivity index (χ0v) is 16.0. The minimum Gasteiger partial charge on any atom is -0.496 e. The number of rotatable bonds is 7. The summed E-state index contributed by atoms with van der Waals surface area (Å²) in [7, 11) is 3.63. The van der Waals surface area contributed by atoms with E-state index in [0.29, 0.717) is 6.54 Å². The van der Waals surface area contributed by atoms with Crippen molar-refractivity contribution < 1.29 is 4.74 Å². The Bertz CT molecular complexity index is 1070. The second-order valence-electron chi connectivity index (χ2n) is 6.57. The Morgan fingerprint density at radius 3 is 2.82 bits per heavy atom. The predicted octanol–water partition coefficient (Wildman–Crippen LogP) is 3.97. The first-order chi connectivity index (χ1) is 13.8. The van der Waals surface area contributed by atoms with Crippen LogP contribution in [0.2, 0.25) is 0 Å². The van der Waals surface area contributed by atoms with Crippen LogP contribution in [0.4, 0.5) is 5.82 Å². The topological polar surface area (TPSA) is 74.9 Å². The van der Waals surface area contributed by atoms with Crippen LogP contribution < -0.4 is 15.4 Å². The number of H-pyrrole nitrogens is 1. The maximum absolute atomic E-state index is 5.50. The lowest BCUT2D eigenvalue weighted by atomic mass is 10.0. The molecular formula is C22H23N5O. The van der Waals surface area contributed by atoms with Gasteiger partial charge in [0.15, 0.2) is 0 Å². The second kappa shape index (κ2) is 8.10. The van der Waals surface area contributed by atoms with Crippen LogP contribution in [0.15, 0.2) is 61.1 Å². The van der Waals surface area contributed by atoms with E-state index in [1.54, 1.807) is 13.3 Å². The molecule has 6 heteroatoms. The summed E-state index contributed by atoms with van der Waals surface area (Å²) in [4.78, 5) is 12.1. The largest absolute Gasteiger partial charge is 0.496 e. The number of aromatic amines is 1. The van der Waals surface area contributed by atoms with Crippen LogP contribution in [0.3, 0.4) is 0 Å². The van der Waals surface area contributed by atoms with Gasteiger partial charge in [-0.15, -0.1) is 0 Å². The summed E-state index contributed by atoms with van der Waals surface area (Å²) >= 11 is 0. The molecule has 3 aromatic heterocycles. The SMILES string of the molecule is CNCc1cc(-c2cc(NCc3cccnc3)nc3[nH]ccc23)ccc1OC. The molecule has 6 nitrogen and oxygen atoms in total. The number of pyridine rings is 2. The smallest absolute Gasteiger partial charge is 0.140 e. The van der Waals surface area contributed by atoms with Crippen molar-refractivity contribution in [3.63, 3.8) is 0 Å². The number of anilines is 1. The molecule has 0 amide bonds. The number of nitrogens with zero attached hydrogens (tertiary/aromatic N) is 2. The van der Waals surface area contributed by atoms with Crippen molar-refractivity contribution in [2.75, 3.05) is 19.5 Å². The van der Waals surface area contributed by atoms with Crippen molar-refractivity contribution in [2.45, 2.75) is 13.1 Å². The van der Waals surface area contributed by atoms with Gasteiger partial charge in [0.2, 0.25) is 0 Å². The normalized spacial score (nSPS) is 10.9. The molecular weight excluding hydrogens is 350 g/mol. The number of hydrogen-bond acceptors (Lipinski definition) is 5. The van der Waals surface area contributed by atoms with E-state index in [1.807, 2.05) is 37.6 Å². The van der Waals surface area contributed by atoms with Crippen LogP contribution in [-0.4, -0.2) is 29.1 Å². The highest BCUT2D eigenvalue weighted by Crippen LogP contribution is 2.33. The van der Waals surface area contributed by atoms with Crippen molar-refractivity contribution in [1.82, 2.24) is 20.3 Å². The molecule has 0 saturated heterocycles. The van der Waals surface area contributed by atoms with Gasteiger partial charge in [0.1, 0.15) is 17.2 Å². The van der Waals surface area contributed by atoms with Gasteiger partial charge >= 0.3 is 0 Å². The number of hydrogen-bond donors (Lipinski definition) is 3. The molecule has 0 unspecified atom stereocenters. The van der Waals surface area contributed by atoms with E-state index in [9.17, 15) is 0 Å². The molecule has 0 aliphatic heterocycles. The third kappa shape index (κ3) is 3.68. The monoisotopic (exact) mass is 373 g/mol. The maximum atomic E-state index is 5.50. The van der Waals surface area contributed by atoms with Gasteiger partial charge < -0.3 is 20.4 Å². The summed E-state index contributed by atoms with van der Waals surface area (Å²) in [5.74, 6) is 1.70. The molecule has 0 spiro atoms. The van der Waals surface area contributed by atoms with Gasteiger partial charge in [0, 0.05) is 42.6 Å². The van der Waals surface area contributed by atoms with Gasteiger partial charge in [-0.05, 0) is 54.1 Å². The molecule has 0 aliphatic carbocycles. The summed E-state index contributed by atoms with van der Waals surface area (Å²) in [5, 5.41) is 7.70. The third-order valence-corrected chi connectivity index (χ3v) is 4.68. The van der Waals surface area contributed by atoms with Crippen LogP contribution in [-0.2, 0) is 13.1 Å². The number of methoxy groups -OCH3 is 1. The molecule has 0 atom stereocenters. The van der Waals surface area contributed by atoms with E-state index in [-0.39, 0.29) is 0 Å². The average molecular weight is 373 g/mol. The van der Waals surface area contributed by atoms with Crippen LogP contribution in [0.5, 0.6) is 5.75 Å². The number of benzene rings is 1. The molecule has 4 rings (SSSR count). The number of aromatic nitrogens is 3. The molecule has 28 heavy (non-hydrogen) atoms. The summed E-state index contributed by atoms with van der Waals surface area (Å²) < 4.78 is 5.50. The van der Waals surface area contributed by atoms with Crippen molar-refractivity contribution in [3.8, 4) is 16.9 Å². The average Bonchev–Trinajstić information content (AvgIpc) is 3.21. The van der Waals surface area contributed by atoms with E-state index in [4.69, 9.17) is 9.72 Å². The Morgan fingerprint density at radius 1 is 1.11 bits per heavy atom. The fourth-order valence-electron chi connectivity index (χ4n) is 3.34. The van der Waals surface area contributed by atoms with Gasteiger partial charge in [-0.2, -0.15) is 0 Å². The van der Waals surface area contributed by atoms with E-state index in [1.165, 1.54) is 0 Å². The highest BCUT2D eigenvalue weighted by molar-refractivity contribution is 5.95. The molecule has 0 fully saturated rings. The van der Waals surface area contributed by atoms with E-state index < -0.39 is 0 Å². The molecule has 142 valence electrons. The molecule has 3 N–H and O–H groups in total. The zero-order valence-electron chi connectivity index (χ0n) is 16.0. The van der Waals surface area contributed by atoms with Crippen molar-refractivity contribution in [2.24, 2.45) is 0 Å². The van der Waals surface area contributed by atoms with Crippen LogP contribution in [0.1, 0.15) is 11.1 Å². The molecule has 0 aliphatic rings. The minimum absolute atomic E-state index is 0.667. The quantitative estimate of drug-likeness (QED) is 0.457. The standard InChI is InChI=1S/C22H23N5O/c1-23-14-17-10-16(5-6-20(17)28-2)19-11-21(27-22-18(19)7-9-25-22)26-13-15-4-3-8-24-12-15/h3-12,23H,13-14H2,1-2H3,(H2,25,26,27). The Morgan fingerprint density at radius 2 is 2.04 bits per heavy atom. The Kier molecular flexibility index (Phi) is 5.21.